The van der Waals surface area contributed by atoms with Gasteiger partial charge in [-0.05, 0) is 0 Å². The second-order valence-electron chi connectivity index (χ2n) is 3.27. The van der Waals surface area contributed by atoms with Gasteiger partial charge < -0.3 is 9.97 Å². The first-order chi connectivity index (χ1) is 8.09. The molecule has 0 spiro atoms. The maximum atomic E-state index is 11.8. The summed E-state index contributed by atoms with van der Waals surface area (Å²) in [4.78, 5) is 20.1. The van der Waals surface area contributed by atoms with Crippen LogP contribution in [0.1, 0.15) is 5.69 Å². The van der Waals surface area contributed by atoms with E-state index in [1.54, 1.807) is 0 Å². The van der Waals surface area contributed by atoms with E-state index < -0.39 is 15.5 Å². The first-order valence-electron chi connectivity index (χ1n) is 4.73. The van der Waals surface area contributed by atoms with Gasteiger partial charge in [-0.25, -0.2) is 18.1 Å². The van der Waals surface area contributed by atoms with Crippen LogP contribution in [-0.2, 0) is 16.6 Å². The normalized spacial score (nSPS) is 11.5. The summed E-state index contributed by atoms with van der Waals surface area (Å²) in [5, 5.41) is 0. The molecule has 90 valence electrons. The molecule has 0 amide bonds. The Labute approximate surface area is 97.0 Å². The molecule has 2 rings (SSSR count). The lowest BCUT2D eigenvalue weighted by Gasteiger charge is -2.04. The molecule has 2 aromatic rings. The summed E-state index contributed by atoms with van der Waals surface area (Å²) in [6, 6.07) is 1.16. The minimum absolute atomic E-state index is 0.0522. The van der Waals surface area contributed by atoms with E-state index in [9.17, 15) is 13.2 Å². The number of hydrogen-bond donors (Lipinski definition) is 3. The van der Waals surface area contributed by atoms with E-state index >= 15 is 0 Å². The summed E-state index contributed by atoms with van der Waals surface area (Å²) in [7, 11) is -3.81. The fourth-order valence-corrected chi connectivity index (χ4v) is 2.30. The van der Waals surface area contributed by atoms with Gasteiger partial charge in [0.1, 0.15) is 4.90 Å². The van der Waals surface area contributed by atoms with Gasteiger partial charge in [-0.1, -0.05) is 0 Å². The van der Waals surface area contributed by atoms with E-state index in [1.165, 1.54) is 18.7 Å². The van der Waals surface area contributed by atoms with Gasteiger partial charge in [0.25, 0.3) is 0 Å². The molecule has 0 radical (unpaired) electrons. The van der Waals surface area contributed by atoms with Crippen molar-refractivity contribution in [2.45, 2.75) is 11.4 Å². The highest BCUT2D eigenvalue weighted by Gasteiger charge is 2.17. The van der Waals surface area contributed by atoms with Crippen molar-refractivity contribution in [3.05, 3.63) is 46.9 Å². The van der Waals surface area contributed by atoms with E-state index in [0.717, 1.165) is 12.3 Å². The lowest BCUT2D eigenvalue weighted by molar-refractivity contribution is 0.579. The van der Waals surface area contributed by atoms with Gasteiger partial charge in [0.2, 0.25) is 15.5 Å². The molecule has 0 atom stereocenters. The number of aromatic nitrogens is 3. The maximum absolute atomic E-state index is 11.8. The van der Waals surface area contributed by atoms with Gasteiger partial charge in [0.15, 0.2) is 0 Å². The van der Waals surface area contributed by atoms with Gasteiger partial charge in [-0.15, -0.1) is 0 Å². The van der Waals surface area contributed by atoms with Crippen LogP contribution in [-0.4, -0.2) is 23.4 Å². The molecule has 0 aliphatic rings. The van der Waals surface area contributed by atoms with E-state index in [4.69, 9.17) is 0 Å². The third-order valence-electron chi connectivity index (χ3n) is 2.09. The van der Waals surface area contributed by atoms with Crippen molar-refractivity contribution in [2.75, 3.05) is 0 Å². The molecular weight excluding hydrogens is 244 g/mol. The number of nitrogens with zero attached hydrogens (tertiary/aromatic N) is 1. The summed E-state index contributed by atoms with van der Waals surface area (Å²) < 4.78 is 25.9. The zero-order chi connectivity index (χ0) is 12.3. The Bertz CT molecular complexity index is 645. The molecule has 0 aromatic carbocycles. The number of sulfonamides is 1. The highest BCUT2D eigenvalue weighted by molar-refractivity contribution is 7.89. The first-order valence-corrected chi connectivity index (χ1v) is 6.22. The number of imidazole rings is 1. The molecule has 0 saturated heterocycles. The Morgan fingerprint density at radius 2 is 2.24 bits per heavy atom. The van der Waals surface area contributed by atoms with E-state index in [2.05, 4.69) is 19.7 Å². The Balaban J connectivity index is 2.20. The molecule has 0 unspecified atom stereocenters. The van der Waals surface area contributed by atoms with Crippen LogP contribution in [0.4, 0.5) is 0 Å². The summed E-state index contributed by atoms with van der Waals surface area (Å²) >= 11 is 0. The van der Waals surface area contributed by atoms with Crippen LogP contribution in [0.3, 0.4) is 0 Å². The van der Waals surface area contributed by atoms with Crippen LogP contribution >= 0.6 is 0 Å². The largest absolute Gasteiger partial charge is 0.366 e. The molecule has 0 saturated carbocycles. The molecule has 17 heavy (non-hydrogen) atoms. The zero-order valence-electron chi connectivity index (χ0n) is 8.67. The summed E-state index contributed by atoms with van der Waals surface area (Å²) in [5.41, 5.74) is 0.0572. The maximum Gasteiger partial charge on any atom is 0.246 e. The van der Waals surface area contributed by atoms with Crippen LogP contribution in [0.25, 0.3) is 0 Å². The molecule has 8 heteroatoms. The third kappa shape index (κ3) is 2.60. The molecule has 3 N–H and O–H groups in total. The second-order valence-corrected chi connectivity index (χ2v) is 5.01. The molecule has 7 nitrogen and oxygen atoms in total. The van der Waals surface area contributed by atoms with E-state index in [0.29, 0.717) is 5.69 Å². The first kappa shape index (κ1) is 11.6. The Morgan fingerprint density at radius 1 is 1.41 bits per heavy atom. The van der Waals surface area contributed by atoms with Gasteiger partial charge >= 0.3 is 0 Å². The lowest BCUT2D eigenvalue weighted by Crippen LogP contribution is -2.28. The lowest BCUT2D eigenvalue weighted by atomic mass is 10.5. The molecule has 2 heterocycles. The van der Waals surface area contributed by atoms with Crippen molar-refractivity contribution in [3.8, 4) is 0 Å². The molecule has 0 aliphatic heterocycles. The van der Waals surface area contributed by atoms with Crippen LogP contribution in [0.15, 0.2) is 40.7 Å². The standard InChI is InChI=1S/C9H10N4O3S/c14-8-1-2-10-5-9(8)17(15,16)13-4-7-3-11-6-12-7/h1-3,5-6,13H,4H2,(H,10,14)(H,11,12). The van der Waals surface area contributed by atoms with Crippen molar-refractivity contribution in [1.82, 2.24) is 19.7 Å². The van der Waals surface area contributed by atoms with Gasteiger partial charge in [0.05, 0.1) is 12.9 Å². The quantitative estimate of drug-likeness (QED) is 0.688. The smallest absolute Gasteiger partial charge is 0.246 e. The molecule has 2 aromatic heterocycles. The average Bonchev–Trinajstić information content (AvgIpc) is 2.80. The Morgan fingerprint density at radius 3 is 2.88 bits per heavy atom. The highest BCUT2D eigenvalue weighted by atomic mass is 32.2. The second kappa shape index (κ2) is 4.52. The number of hydrogen-bond acceptors (Lipinski definition) is 4. The van der Waals surface area contributed by atoms with Gasteiger partial charge in [-0.3, -0.25) is 4.79 Å². The van der Waals surface area contributed by atoms with E-state index in [-0.39, 0.29) is 11.4 Å². The fraction of sp³-hybridized carbons (Fsp3) is 0.111. The van der Waals surface area contributed by atoms with Crippen LogP contribution in [0, 0.1) is 0 Å². The van der Waals surface area contributed by atoms with Crippen molar-refractivity contribution in [2.24, 2.45) is 0 Å². The fourth-order valence-electron chi connectivity index (χ4n) is 1.24. The van der Waals surface area contributed by atoms with Crippen LogP contribution in [0.2, 0.25) is 0 Å². The van der Waals surface area contributed by atoms with Crippen molar-refractivity contribution >= 4 is 10.0 Å². The van der Waals surface area contributed by atoms with Gasteiger partial charge in [0, 0.05) is 30.4 Å². The number of nitrogens with one attached hydrogen (secondary N) is 3. The molecule has 0 fully saturated rings. The molecule has 0 bridgehead atoms. The molecule has 0 aliphatic carbocycles. The Kier molecular flexibility index (Phi) is 3.07. The predicted octanol–water partition coefficient (Wildman–Crippen LogP) is -0.424. The van der Waals surface area contributed by atoms with Crippen molar-refractivity contribution in [3.63, 3.8) is 0 Å². The van der Waals surface area contributed by atoms with E-state index in [1.807, 2.05) is 0 Å². The number of aromatic amines is 2. The minimum Gasteiger partial charge on any atom is -0.366 e. The minimum atomic E-state index is -3.81. The number of rotatable bonds is 4. The average molecular weight is 254 g/mol. The highest BCUT2D eigenvalue weighted by Crippen LogP contribution is 2.01. The topological polar surface area (TPSA) is 108 Å². The Hall–Kier alpha value is -1.93. The SMILES string of the molecule is O=c1cc[nH]cc1S(=O)(=O)NCc1cnc[nH]1. The summed E-state index contributed by atoms with van der Waals surface area (Å²) in [6.45, 7) is 0.0522. The van der Waals surface area contributed by atoms with Crippen LogP contribution < -0.4 is 10.2 Å². The summed E-state index contributed by atoms with van der Waals surface area (Å²) in [5.74, 6) is 0. The van der Waals surface area contributed by atoms with Crippen molar-refractivity contribution < 1.29 is 8.42 Å². The zero-order valence-corrected chi connectivity index (χ0v) is 9.49. The number of pyridine rings is 1. The monoisotopic (exact) mass is 254 g/mol. The summed E-state index contributed by atoms with van der Waals surface area (Å²) in [6.07, 6.45) is 5.46. The van der Waals surface area contributed by atoms with Crippen molar-refractivity contribution in [1.29, 1.82) is 0 Å². The van der Waals surface area contributed by atoms with Crippen LogP contribution in [0.5, 0.6) is 0 Å². The van der Waals surface area contributed by atoms with Gasteiger partial charge in [-0.2, -0.15) is 0 Å². The molecular formula is C9H10N4O3S. The predicted molar refractivity (Wildman–Crippen MR) is 59.7 cm³/mol. The third-order valence-corrected chi connectivity index (χ3v) is 3.51. The number of H-pyrrole nitrogens is 2.